The van der Waals surface area contributed by atoms with Crippen LogP contribution in [0.5, 0.6) is 0 Å². The van der Waals surface area contributed by atoms with Crippen LogP contribution in [-0.4, -0.2) is 81.2 Å². The summed E-state index contributed by atoms with van der Waals surface area (Å²) in [6, 6.07) is 0. The minimum Gasteiger partial charge on any atom is -0.379 e. The average molecular weight is 339 g/mol. The number of hydrogen-bond donors (Lipinski definition) is 2. The van der Waals surface area contributed by atoms with Crippen molar-refractivity contribution in [1.82, 2.24) is 15.1 Å². The van der Waals surface area contributed by atoms with Crippen LogP contribution in [-0.2, 0) is 9.53 Å². The molecular formula is C17H33N5O2. The van der Waals surface area contributed by atoms with Crippen molar-refractivity contribution in [2.75, 3.05) is 59.5 Å². The molecule has 24 heavy (non-hydrogen) atoms. The first-order valence-corrected chi connectivity index (χ1v) is 9.12. The summed E-state index contributed by atoms with van der Waals surface area (Å²) >= 11 is 0. The second kappa shape index (κ2) is 9.84. The van der Waals surface area contributed by atoms with Gasteiger partial charge in [-0.1, -0.05) is 6.92 Å². The van der Waals surface area contributed by atoms with Crippen LogP contribution < -0.4 is 11.1 Å². The molecule has 0 aliphatic carbocycles. The topological polar surface area (TPSA) is 83.2 Å². The van der Waals surface area contributed by atoms with Crippen LogP contribution in [0.1, 0.15) is 26.2 Å². The normalized spacial score (nSPS) is 24.7. The minimum absolute atomic E-state index is 0.205. The van der Waals surface area contributed by atoms with Gasteiger partial charge >= 0.3 is 0 Å². The van der Waals surface area contributed by atoms with Gasteiger partial charge in [0.1, 0.15) is 0 Å². The molecule has 0 aromatic heterocycles. The molecule has 0 bridgehead atoms. The highest BCUT2D eigenvalue weighted by Crippen LogP contribution is 2.19. The quantitative estimate of drug-likeness (QED) is 0.530. The van der Waals surface area contributed by atoms with Crippen LogP contribution in [0.15, 0.2) is 4.99 Å². The number of likely N-dealkylation sites (tertiary alicyclic amines) is 1. The van der Waals surface area contributed by atoms with Crippen molar-refractivity contribution in [1.29, 1.82) is 0 Å². The second-order valence-electron chi connectivity index (χ2n) is 7.07. The number of piperidine rings is 1. The van der Waals surface area contributed by atoms with E-state index >= 15 is 0 Å². The minimum atomic E-state index is -0.205. The monoisotopic (exact) mass is 339 g/mol. The zero-order valence-electron chi connectivity index (χ0n) is 15.2. The van der Waals surface area contributed by atoms with Gasteiger partial charge in [-0.05, 0) is 24.7 Å². The molecule has 2 heterocycles. The van der Waals surface area contributed by atoms with Gasteiger partial charge in [0.25, 0.3) is 0 Å². The van der Waals surface area contributed by atoms with E-state index in [0.29, 0.717) is 18.3 Å². The zero-order valence-corrected chi connectivity index (χ0v) is 15.2. The number of nitrogens with zero attached hydrogens (tertiary/aromatic N) is 3. The molecule has 7 nitrogen and oxygen atoms in total. The van der Waals surface area contributed by atoms with E-state index in [2.05, 4.69) is 27.0 Å². The molecule has 2 atom stereocenters. The molecule has 0 aromatic carbocycles. The Balaban J connectivity index is 1.75. The maximum absolute atomic E-state index is 11.2. The first-order chi connectivity index (χ1) is 11.6. The van der Waals surface area contributed by atoms with E-state index < -0.39 is 0 Å². The lowest BCUT2D eigenvalue weighted by Gasteiger charge is -2.35. The Morgan fingerprint density at radius 1 is 1.38 bits per heavy atom. The number of rotatable bonds is 6. The largest absolute Gasteiger partial charge is 0.379 e. The van der Waals surface area contributed by atoms with Crippen LogP contribution in [0.25, 0.3) is 0 Å². The number of aliphatic imine (C=N–C) groups is 1. The van der Waals surface area contributed by atoms with Crippen molar-refractivity contribution in [3.63, 3.8) is 0 Å². The molecule has 2 fully saturated rings. The average Bonchev–Trinajstić information content (AvgIpc) is 2.56. The summed E-state index contributed by atoms with van der Waals surface area (Å²) in [4.78, 5) is 20.3. The fourth-order valence-electron chi connectivity index (χ4n) is 3.60. The maximum atomic E-state index is 11.2. The Bertz CT molecular complexity index is 423. The Kier molecular flexibility index (Phi) is 7.78. The molecule has 2 aliphatic rings. The lowest BCUT2D eigenvalue weighted by molar-refractivity contribution is -0.119. The summed E-state index contributed by atoms with van der Waals surface area (Å²) in [6.07, 6.45) is 2.63. The number of carbonyl (C=O) groups is 1. The molecule has 2 unspecified atom stereocenters. The van der Waals surface area contributed by atoms with E-state index in [1.807, 2.05) is 7.05 Å². The molecule has 138 valence electrons. The number of primary amides is 1. The zero-order chi connectivity index (χ0) is 17.4. The van der Waals surface area contributed by atoms with E-state index in [9.17, 15) is 4.79 Å². The van der Waals surface area contributed by atoms with Gasteiger partial charge in [0.05, 0.1) is 13.2 Å². The Morgan fingerprint density at radius 2 is 2.12 bits per heavy atom. The smallest absolute Gasteiger partial charge is 0.217 e. The lowest BCUT2D eigenvalue weighted by atomic mass is 9.95. The molecule has 2 saturated heterocycles. The van der Waals surface area contributed by atoms with Crippen molar-refractivity contribution < 1.29 is 9.53 Å². The van der Waals surface area contributed by atoms with Gasteiger partial charge in [-0.15, -0.1) is 0 Å². The van der Waals surface area contributed by atoms with E-state index in [4.69, 9.17) is 10.5 Å². The van der Waals surface area contributed by atoms with Gasteiger partial charge in [0, 0.05) is 52.7 Å². The van der Waals surface area contributed by atoms with Crippen molar-refractivity contribution >= 4 is 11.9 Å². The number of nitrogens with two attached hydrogens (primary N) is 1. The molecule has 0 saturated carbocycles. The number of carbonyl (C=O) groups excluding carboxylic acids is 1. The predicted molar refractivity (Wildman–Crippen MR) is 95.9 cm³/mol. The van der Waals surface area contributed by atoms with E-state index in [1.165, 1.54) is 0 Å². The highest BCUT2D eigenvalue weighted by molar-refractivity contribution is 5.80. The molecule has 2 rings (SSSR count). The number of hydrogen-bond acceptors (Lipinski definition) is 4. The van der Waals surface area contributed by atoms with Gasteiger partial charge in [-0.25, -0.2) is 0 Å². The predicted octanol–water partition coefficient (Wildman–Crippen LogP) is 0.118. The van der Waals surface area contributed by atoms with Crippen LogP contribution in [0.4, 0.5) is 0 Å². The van der Waals surface area contributed by atoms with Crippen LogP contribution >= 0.6 is 0 Å². The summed E-state index contributed by atoms with van der Waals surface area (Å²) in [5.74, 6) is 1.63. The highest BCUT2D eigenvalue weighted by Gasteiger charge is 2.24. The first kappa shape index (κ1) is 19.0. The van der Waals surface area contributed by atoms with Crippen LogP contribution in [0, 0.1) is 11.8 Å². The first-order valence-electron chi connectivity index (χ1n) is 9.12. The number of guanidine groups is 1. The van der Waals surface area contributed by atoms with Crippen LogP contribution in [0.3, 0.4) is 0 Å². The van der Waals surface area contributed by atoms with Gasteiger partial charge in [-0.2, -0.15) is 0 Å². The third kappa shape index (κ3) is 6.28. The highest BCUT2D eigenvalue weighted by atomic mass is 16.5. The molecular weight excluding hydrogens is 306 g/mol. The standard InChI is InChI=1S/C17H33N5O2/c1-14(12-21-6-8-24-9-7-21)11-20-17(19-2)22-5-3-4-15(13-22)10-16(18)23/h14-15H,3-13H2,1-2H3,(H2,18,23)(H,19,20). The van der Waals surface area contributed by atoms with Crippen molar-refractivity contribution in [3.05, 3.63) is 0 Å². The van der Waals surface area contributed by atoms with E-state index in [1.54, 1.807) is 0 Å². The van der Waals surface area contributed by atoms with E-state index in [0.717, 1.165) is 71.3 Å². The second-order valence-corrected chi connectivity index (χ2v) is 7.07. The fraction of sp³-hybridized carbons (Fsp3) is 0.882. The Hall–Kier alpha value is -1.34. The molecule has 0 spiro atoms. The Labute approximate surface area is 145 Å². The summed E-state index contributed by atoms with van der Waals surface area (Å²) in [6.45, 7) is 9.85. The van der Waals surface area contributed by atoms with Crippen molar-refractivity contribution in [2.24, 2.45) is 22.6 Å². The third-order valence-corrected chi connectivity index (χ3v) is 4.80. The summed E-state index contributed by atoms with van der Waals surface area (Å²) in [7, 11) is 1.83. The number of amides is 1. The summed E-state index contributed by atoms with van der Waals surface area (Å²) in [5, 5.41) is 3.50. The molecule has 7 heteroatoms. The molecule has 0 radical (unpaired) electrons. The van der Waals surface area contributed by atoms with Gasteiger partial charge in [0.2, 0.25) is 5.91 Å². The maximum Gasteiger partial charge on any atom is 0.217 e. The van der Waals surface area contributed by atoms with Crippen LogP contribution in [0.2, 0.25) is 0 Å². The molecule has 0 aromatic rings. The number of ether oxygens (including phenoxy) is 1. The number of nitrogens with one attached hydrogen (secondary N) is 1. The lowest BCUT2D eigenvalue weighted by Crippen LogP contribution is -2.49. The third-order valence-electron chi connectivity index (χ3n) is 4.80. The number of morpholine rings is 1. The molecule has 2 aliphatic heterocycles. The molecule has 1 amide bonds. The van der Waals surface area contributed by atoms with Gasteiger partial charge in [0.15, 0.2) is 5.96 Å². The van der Waals surface area contributed by atoms with Gasteiger partial charge in [-0.3, -0.25) is 14.7 Å². The summed E-state index contributed by atoms with van der Waals surface area (Å²) < 4.78 is 5.40. The van der Waals surface area contributed by atoms with Crippen molar-refractivity contribution in [3.8, 4) is 0 Å². The summed E-state index contributed by atoms with van der Waals surface area (Å²) in [5.41, 5.74) is 5.35. The molecule has 3 N–H and O–H groups in total. The van der Waals surface area contributed by atoms with E-state index in [-0.39, 0.29) is 5.91 Å². The van der Waals surface area contributed by atoms with Crippen molar-refractivity contribution in [2.45, 2.75) is 26.2 Å². The SMILES string of the molecule is CN=C(NCC(C)CN1CCOCC1)N1CCCC(CC(N)=O)C1. The Morgan fingerprint density at radius 3 is 2.79 bits per heavy atom. The fourth-order valence-corrected chi connectivity index (χ4v) is 3.60. The van der Waals surface area contributed by atoms with Gasteiger partial charge < -0.3 is 20.7 Å².